The van der Waals surface area contributed by atoms with Crippen molar-refractivity contribution in [2.75, 3.05) is 4.90 Å². The van der Waals surface area contributed by atoms with E-state index in [9.17, 15) is 0 Å². The van der Waals surface area contributed by atoms with Gasteiger partial charge in [-0.15, -0.1) is 0 Å². The van der Waals surface area contributed by atoms with Crippen LogP contribution in [-0.2, 0) is 5.41 Å². The molecular weight excluding hydrogens is 635 g/mol. The van der Waals surface area contributed by atoms with Crippen molar-refractivity contribution in [1.29, 1.82) is 0 Å². The van der Waals surface area contributed by atoms with E-state index in [2.05, 4.69) is 164 Å². The number of fused-ring (bicyclic) bond motifs is 11. The van der Waals surface area contributed by atoms with Crippen molar-refractivity contribution in [2.24, 2.45) is 0 Å². The summed E-state index contributed by atoms with van der Waals surface area (Å²) in [6.45, 7) is 4.70. The molecule has 0 bridgehead atoms. The Morgan fingerprint density at radius 3 is 2.10 bits per heavy atom. The number of furan rings is 2. The minimum absolute atomic E-state index is 0.0617. The SMILES string of the molecule is CC1(C)c2ccccc2-c2ccc(N(c3ccc(-c4cc5ccccc5c5c4oc4ccccc45)cc3)C3C=c4oc5ccccc5c4=CC3)cc21. The fourth-order valence-corrected chi connectivity index (χ4v) is 9.04. The minimum atomic E-state index is -0.0974. The van der Waals surface area contributed by atoms with Crippen molar-refractivity contribution in [1.82, 2.24) is 0 Å². The number of para-hydroxylation sites is 2. The van der Waals surface area contributed by atoms with Crippen LogP contribution in [0.1, 0.15) is 31.4 Å². The number of benzene rings is 7. The summed E-state index contributed by atoms with van der Waals surface area (Å²) >= 11 is 0. The third kappa shape index (κ3) is 4.20. The molecule has 52 heavy (non-hydrogen) atoms. The molecule has 11 rings (SSSR count). The van der Waals surface area contributed by atoms with Crippen LogP contribution in [0.2, 0.25) is 0 Å². The van der Waals surface area contributed by atoms with Gasteiger partial charge < -0.3 is 13.7 Å². The molecule has 9 aromatic rings. The summed E-state index contributed by atoms with van der Waals surface area (Å²) < 4.78 is 13.1. The minimum Gasteiger partial charge on any atom is -0.456 e. The van der Waals surface area contributed by atoms with Crippen LogP contribution >= 0.6 is 0 Å². The second-order valence-electron chi connectivity index (χ2n) is 14.8. The second kappa shape index (κ2) is 10.8. The molecular formula is C49H35NO2. The summed E-state index contributed by atoms with van der Waals surface area (Å²) in [6.07, 6.45) is 5.54. The van der Waals surface area contributed by atoms with E-state index in [1.54, 1.807) is 0 Å². The predicted molar refractivity (Wildman–Crippen MR) is 216 cm³/mol. The first-order valence-corrected chi connectivity index (χ1v) is 18.2. The van der Waals surface area contributed by atoms with Crippen LogP contribution in [0.3, 0.4) is 0 Å². The van der Waals surface area contributed by atoms with Gasteiger partial charge in [0.25, 0.3) is 0 Å². The van der Waals surface area contributed by atoms with E-state index in [0.29, 0.717) is 0 Å². The van der Waals surface area contributed by atoms with Gasteiger partial charge in [-0.05, 0) is 93.6 Å². The smallest absolute Gasteiger partial charge is 0.143 e. The second-order valence-corrected chi connectivity index (χ2v) is 14.8. The molecule has 0 spiro atoms. The number of hydrogen-bond donors (Lipinski definition) is 0. The van der Waals surface area contributed by atoms with Crippen molar-refractivity contribution in [3.8, 4) is 22.3 Å². The van der Waals surface area contributed by atoms with Gasteiger partial charge in [-0.25, -0.2) is 0 Å². The Labute approximate surface area is 301 Å². The van der Waals surface area contributed by atoms with E-state index in [1.807, 2.05) is 12.1 Å². The number of rotatable bonds is 4. The van der Waals surface area contributed by atoms with Gasteiger partial charge in [0.15, 0.2) is 0 Å². The third-order valence-corrected chi connectivity index (χ3v) is 11.6. The van der Waals surface area contributed by atoms with Crippen LogP contribution in [0, 0.1) is 0 Å². The fourth-order valence-electron chi connectivity index (χ4n) is 9.04. The zero-order valence-electron chi connectivity index (χ0n) is 29.1. The van der Waals surface area contributed by atoms with Crippen molar-refractivity contribution >= 4 is 67.2 Å². The molecule has 1 atom stereocenters. The van der Waals surface area contributed by atoms with Gasteiger partial charge in [-0.3, -0.25) is 0 Å². The highest BCUT2D eigenvalue weighted by molar-refractivity contribution is 6.22. The largest absolute Gasteiger partial charge is 0.456 e. The molecule has 0 N–H and O–H groups in total. The Balaban J connectivity index is 1.08. The lowest BCUT2D eigenvalue weighted by atomic mass is 9.82. The number of hydrogen-bond acceptors (Lipinski definition) is 3. The lowest BCUT2D eigenvalue weighted by Crippen LogP contribution is -2.36. The third-order valence-electron chi connectivity index (χ3n) is 11.6. The molecule has 248 valence electrons. The molecule has 2 heterocycles. The van der Waals surface area contributed by atoms with Crippen molar-refractivity contribution < 1.29 is 8.83 Å². The number of anilines is 2. The standard InChI is InChI=1S/C49H35NO2/c1-49(2)42-16-8-5-13-36(42)37-25-23-33(28-43(37)49)50(34-24-26-39-38-14-6-9-17-44(38)51-46(39)29-34)32-21-19-30(20-22-32)41-27-31-11-3-4-12-35(31)47-40-15-7-10-18-45(40)52-48(41)47/h3-23,25-29,34H,24H2,1-2H3. The molecule has 0 fully saturated rings. The van der Waals surface area contributed by atoms with Gasteiger partial charge in [0, 0.05) is 43.7 Å². The Morgan fingerprint density at radius 2 is 1.25 bits per heavy atom. The topological polar surface area (TPSA) is 29.5 Å². The molecule has 3 heteroatoms. The molecule has 0 saturated heterocycles. The van der Waals surface area contributed by atoms with Gasteiger partial charge in [-0.2, -0.15) is 0 Å². The zero-order valence-corrected chi connectivity index (χ0v) is 29.1. The maximum atomic E-state index is 6.61. The summed E-state index contributed by atoms with van der Waals surface area (Å²) in [7, 11) is 0. The predicted octanol–water partition coefficient (Wildman–Crippen LogP) is 11.6. The zero-order chi connectivity index (χ0) is 34.6. The average molecular weight is 670 g/mol. The van der Waals surface area contributed by atoms with Crippen LogP contribution in [0.4, 0.5) is 11.4 Å². The average Bonchev–Trinajstić information content (AvgIpc) is 3.83. The first-order valence-electron chi connectivity index (χ1n) is 18.2. The molecule has 1 unspecified atom stereocenters. The molecule has 0 aliphatic heterocycles. The Kier molecular flexibility index (Phi) is 6.13. The lowest BCUT2D eigenvalue weighted by Gasteiger charge is -2.33. The van der Waals surface area contributed by atoms with E-state index in [-0.39, 0.29) is 11.5 Å². The highest BCUT2D eigenvalue weighted by atomic mass is 16.3. The lowest BCUT2D eigenvalue weighted by molar-refractivity contribution is 0.568. The molecule has 2 aliphatic carbocycles. The van der Waals surface area contributed by atoms with E-state index in [4.69, 9.17) is 8.83 Å². The summed E-state index contributed by atoms with van der Waals surface area (Å²) in [5, 5.41) is 7.10. The maximum Gasteiger partial charge on any atom is 0.143 e. The normalized spacial score (nSPS) is 15.7. The van der Waals surface area contributed by atoms with Gasteiger partial charge >= 0.3 is 0 Å². The van der Waals surface area contributed by atoms with E-state index in [1.165, 1.54) is 54.7 Å². The van der Waals surface area contributed by atoms with E-state index in [0.717, 1.165) is 50.8 Å². The molecule has 7 aromatic carbocycles. The van der Waals surface area contributed by atoms with E-state index < -0.39 is 0 Å². The molecule has 0 amide bonds. The molecule has 2 aromatic heterocycles. The van der Waals surface area contributed by atoms with Crippen molar-refractivity contribution in [3.05, 3.63) is 167 Å². The fraction of sp³-hybridized carbons (Fsp3) is 0.102. The first kappa shape index (κ1) is 29.4. The van der Waals surface area contributed by atoms with Crippen molar-refractivity contribution in [2.45, 2.75) is 31.7 Å². The van der Waals surface area contributed by atoms with Crippen LogP contribution in [0.25, 0.3) is 78.1 Å². The van der Waals surface area contributed by atoms with Crippen molar-refractivity contribution in [3.63, 3.8) is 0 Å². The van der Waals surface area contributed by atoms with Gasteiger partial charge in [0.2, 0.25) is 0 Å². The summed E-state index contributed by atoms with van der Waals surface area (Å²) in [4.78, 5) is 2.49. The van der Waals surface area contributed by atoms with Crippen LogP contribution in [-0.4, -0.2) is 6.04 Å². The van der Waals surface area contributed by atoms with Crippen LogP contribution in [0.15, 0.2) is 154 Å². The highest BCUT2D eigenvalue weighted by Crippen LogP contribution is 2.50. The van der Waals surface area contributed by atoms with Gasteiger partial charge in [0.1, 0.15) is 22.2 Å². The summed E-state index contributed by atoms with van der Waals surface area (Å²) in [6, 6.07) is 52.6. The van der Waals surface area contributed by atoms with Crippen LogP contribution < -0.4 is 15.5 Å². The van der Waals surface area contributed by atoms with Gasteiger partial charge in [0.05, 0.1) is 6.04 Å². The van der Waals surface area contributed by atoms with Crippen LogP contribution in [0.5, 0.6) is 0 Å². The molecule has 2 aliphatic rings. The van der Waals surface area contributed by atoms with Gasteiger partial charge in [-0.1, -0.05) is 123 Å². The molecule has 3 nitrogen and oxygen atoms in total. The molecule has 0 radical (unpaired) electrons. The first-order chi connectivity index (χ1) is 25.5. The summed E-state index contributed by atoms with van der Waals surface area (Å²) in [5.74, 6) is 0. The Bertz CT molecular complexity index is 3030. The Morgan fingerprint density at radius 1 is 0.577 bits per heavy atom. The molecule has 0 saturated carbocycles. The quantitative estimate of drug-likeness (QED) is 0.187. The highest BCUT2D eigenvalue weighted by Gasteiger charge is 2.36. The monoisotopic (exact) mass is 669 g/mol. The summed E-state index contributed by atoms with van der Waals surface area (Å²) in [5.41, 5.74) is 13.6. The maximum absolute atomic E-state index is 6.61. The van der Waals surface area contributed by atoms with E-state index >= 15 is 0 Å². The Hall–Kier alpha value is -6.32. The number of nitrogens with zero attached hydrogens (tertiary/aromatic N) is 1.